The molecular weight excluding hydrogens is 307 g/mol. The summed E-state index contributed by atoms with van der Waals surface area (Å²) < 4.78 is 15.1. The van der Waals surface area contributed by atoms with Crippen LogP contribution in [0.15, 0.2) is 60.9 Å². The molecule has 2 unspecified atom stereocenters. The van der Waals surface area contributed by atoms with Crippen LogP contribution in [0.4, 0.5) is 4.39 Å². The zero-order valence-corrected chi connectivity index (χ0v) is 13.0. The minimum atomic E-state index is -0.568. The largest absolute Gasteiger partial charge is 0.391 e. The van der Waals surface area contributed by atoms with Crippen LogP contribution in [0.2, 0.25) is 0 Å². The van der Waals surface area contributed by atoms with Crippen LogP contribution >= 0.6 is 0 Å². The van der Waals surface area contributed by atoms with Crippen molar-refractivity contribution in [2.45, 2.75) is 18.6 Å². The van der Waals surface area contributed by atoms with Crippen molar-refractivity contribution < 1.29 is 14.3 Å². The van der Waals surface area contributed by atoms with Gasteiger partial charge in [0, 0.05) is 24.5 Å². The SMILES string of the molecule is O=C(c1cc2ccccn2c1)N1CC(O)CC1c1ccc(F)cc1. The van der Waals surface area contributed by atoms with E-state index in [1.807, 2.05) is 34.9 Å². The first kappa shape index (κ1) is 14.9. The van der Waals surface area contributed by atoms with E-state index in [0.29, 0.717) is 12.0 Å². The second kappa shape index (κ2) is 5.76. The predicted molar refractivity (Wildman–Crippen MR) is 88.2 cm³/mol. The summed E-state index contributed by atoms with van der Waals surface area (Å²) in [6.07, 6.45) is 3.58. The minimum absolute atomic E-state index is 0.121. The molecule has 0 radical (unpaired) electrons. The predicted octanol–water partition coefficient (Wildman–Crippen LogP) is 3.03. The fourth-order valence-electron chi connectivity index (χ4n) is 3.38. The molecule has 4 rings (SSSR count). The lowest BCUT2D eigenvalue weighted by Gasteiger charge is -2.24. The van der Waals surface area contributed by atoms with Crippen molar-refractivity contribution in [1.82, 2.24) is 9.30 Å². The Morgan fingerprint density at radius 1 is 1.17 bits per heavy atom. The average Bonchev–Trinajstić information content (AvgIpc) is 3.18. The molecule has 1 aromatic carbocycles. The number of aromatic nitrogens is 1. The number of fused-ring (bicyclic) bond motifs is 1. The molecule has 122 valence electrons. The van der Waals surface area contributed by atoms with Crippen molar-refractivity contribution in [3.8, 4) is 0 Å². The molecule has 0 aliphatic carbocycles. The third-order valence-corrected chi connectivity index (χ3v) is 4.55. The first-order chi connectivity index (χ1) is 11.6. The smallest absolute Gasteiger partial charge is 0.256 e. The molecule has 2 atom stereocenters. The fraction of sp³-hybridized carbons (Fsp3) is 0.211. The van der Waals surface area contributed by atoms with Gasteiger partial charge in [-0.25, -0.2) is 4.39 Å². The summed E-state index contributed by atoms with van der Waals surface area (Å²) in [5, 5.41) is 10.0. The van der Waals surface area contributed by atoms with E-state index < -0.39 is 6.10 Å². The molecule has 1 fully saturated rings. The summed E-state index contributed by atoms with van der Waals surface area (Å²) in [5.41, 5.74) is 2.37. The summed E-state index contributed by atoms with van der Waals surface area (Å²) >= 11 is 0. The number of hydrogen-bond donors (Lipinski definition) is 1. The number of halogens is 1. The first-order valence-corrected chi connectivity index (χ1v) is 7.93. The molecule has 1 saturated heterocycles. The van der Waals surface area contributed by atoms with Gasteiger partial charge in [0.2, 0.25) is 0 Å². The third-order valence-electron chi connectivity index (χ3n) is 4.55. The van der Waals surface area contributed by atoms with Crippen LogP contribution in [0.5, 0.6) is 0 Å². The van der Waals surface area contributed by atoms with Gasteiger partial charge in [0.15, 0.2) is 0 Å². The van der Waals surface area contributed by atoms with Gasteiger partial charge in [0.1, 0.15) is 5.82 Å². The number of β-amino-alcohol motifs (C(OH)–C–C–N with tert-alkyl or cyclic N) is 1. The molecule has 3 heterocycles. The summed E-state index contributed by atoms with van der Waals surface area (Å²) in [4.78, 5) is 14.6. The second-order valence-electron chi connectivity index (χ2n) is 6.18. The van der Waals surface area contributed by atoms with Crippen molar-refractivity contribution in [1.29, 1.82) is 0 Å². The van der Waals surface area contributed by atoms with Gasteiger partial charge in [-0.15, -0.1) is 0 Å². The van der Waals surface area contributed by atoms with Crippen LogP contribution < -0.4 is 0 Å². The van der Waals surface area contributed by atoms with E-state index in [0.717, 1.165) is 11.1 Å². The van der Waals surface area contributed by atoms with Gasteiger partial charge in [-0.1, -0.05) is 18.2 Å². The normalized spacial score (nSPS) is 20.7. The standard InChI is InChI=1S/C19H17FN2O2/c20-15-6-4-13(5-7-15)18-10-17(23)12-22(18)19(24)14-9-16-3-1-2-8-21(16)11-14/h1-9,11,17-18,23H,10,12H2. The average molecular weight is 324 g/mol. The van der Waals surface area contributed by atoms with Crippen LogP contribution in [-0.2, 0) is 0 Å². The highest BCUT2D eigenvalue weighted by Gasteiger charge is 2.36. The quantitative estimate of drug-likeness (QED) is 0.787. The number of hydrogen-bond acceptors (Lipinski definition) is 2. The van der Waals surface area contributed by atoms with E-state index in [9.17, 15) is 14.3 Å². The molecule has 0 spiro atoms. The van der Waals surface area contributed by atoms with E-state index in [1.165, 1.54) is 12.1 Å². The first-order valence-electron chi connectivity index (χ1n) is 7.93. The number of carbonyl (C=O) groups is 1. The molecule has 3 aromatic rings. The van der Waals surface area contributed by atoms with Crippen molar-refractivity contribution in [2.75, 3.05) is 6.54 Å². The number of likely N-dealkylation sites (tertiary alicyclic amines) is 1. The molecule has 2 aromatic heterocycles. The van der Waals surface area contributed by atoms with Gasteiger partial charge in [-0.2, -0.15) is 0 Å². The Balaban J connectivity index is 1.67. The molecule has 0 bridgehead atoms. The Morgan fingerprint density at radius 2 is 1.96 bits per heavy atom. The van der Waals surface area contributed by atoms with Gasteiger partial charge in [0.25, 0.3) is 5.91 Å². The number of rotatable bonds is 2. The molecule has 1 aliphatic heterocycles. The number of nitrogens with zero attached hydrogens (tertiary/aromatic N) is 2. The summed E-state index contributed by atoms with van der Waals surface area (Å²) in [7, 11) is 0. The molecule has 0 saturated carbocycles. The maximum atomic E-state index is 13.2. The summed E-state index contributed by atoms with van der Waals surface area (Å²) in [6.45, 7) is 0.285. The zero-order valence-electron chi connectivity index (χ0n) is 13.0. The van der Waals surface area contributed by atoms with Gasteiger partial charge >= 0.3 is 0 Å². The highest BCUT2D eigenvalue weighted by atomic mass is 19.1. The second-order valence-corrected chi connectivity index (χ2v) is 6.18. The number of benzene rings is 1. The van der Waals surface area contributed by atoms with Crippen molar-refractivity contribution in [3.63, 3.8) is 0 Å². The van der Waals surface area contributed by atoms with Gasteiger partial charge < -0.3 is 14.4 Å². The Morgan fingerprint density at radius 3 is 2.71 bits per heavy atom. The third kappa shape index (κ3) is 2.57. The van der Waals surface area contributed by atoms with Crippen LogP contribution in [0.25, 0.3) is 5.52 Å². The van der Waals surface area contributed by atoms with E-state index >= 15 is 0 Å². The Bertz CT molecular complexity index is 855. The molecule has 5 heteroatoms. The van der Waals surface area contributed by atoms with Crippen molar-refractivity contribution >= 4 is 11.4 Å². The molecule has 1 N–H and O–H groups in total. The number of pyridine rings is 1. The maximum absolute atomic E-state index is 13.2. The maximum Gasteiger partial charge on any atom is 0.256 e. The molecular formula is C19H17FN2O2. The zero-order chi connectivity index (χ0) is 16.7. The van der Waals surface area contributed by atoms with E-state index in [-0.39, 0.29) is 24.3 Å². The van der Waals surface area contributed by atoms with Gasteiger partial charge in [-0.05, 0) is 42.3 Å². The summed E-state index contributed by atoms with van der Waals surface area (Å²) in [6, 6.07) is 13.5. The number of amides is 1. The Kier molecular flexibility index (Phi) is 3.58. The van der Waals surface area contributed by atoms with E-state index in [1.54, 1.807) is 23.2 Å². The van der Waals surface area contributed by atoms with Crippen LogP contribution in [0, 0.1) is 5.82 Å². The lowest BCUT2D eigenvalue weighted by atomic mass is 10.0. The van der Waals surface area contributed by atoms with Crippen LogP contribution in [0.1, 0.15) is 28.4 Å². The lowest BCUT2D eigenvalue weighted by molar-refractivity contribution is 0.0716. The molecule has 1 amide bonds. The fourth-order valence-corrected chi connectivity index (χ4v) is 3.38. The topological polar surface area (TPSA) is 45.0 Å². The highest BCUT2D eigenvalue weighted by molar-refractivity contribution is 5.96. The molecule has 24 heavy (non-hydrogen) atoms. The van der Waals surface area contributed by atoms with Gasteiger partial charge in [0.05, 0.1) is 17.7 Å². The van der Waals surface area contributed by atoms with Crippen LogP contribution in [0.3, 0.4) is 0 Å². The highest BCUT2D eigenvalue weighted by Crippen LogP contribution is 2.33. The minimum Gasteiger partial charge on any atom is -0.391 e. The molecule has 1 aliphatic rings. The van der Waals surface area contributed by atoms with Crippen LogP contribution in [-0.4, -0.2) is 33.0 Å². The lowest BCUT2D eigenvalue weighted by Crippen LogP contribution is -2.31. The van der Waals surface area contributed by atoms with E-state index in [4.69, 9.17) is 0 Å². The Labute approximate surface area is 138 Å². The number of aliphatic hydroxyl groups is 1. The molecule has 4 nitrogen and oxygen atoms in total. The van der Waals surface area contributed by atoms with Crippen molar-refractivity contribution in [2.24, 2.45) is 0 Å². The van der Waals surface area contributed by atoms with Gasteiger partial charge in [-0.3, -0.25) is 4.79 Å². The summed E-state index contributed by atoms with van der Waals surface area (Å²) in [5.74, 6) is -0.432. The monoisotopic (exact) mass is 324 g/mol. The Hall–Kier alpha value is -2.66. The number of carbonyl (C=O) groups excluding carboxylic acids is 1. The van der Waals surface area contributed by atoms with E-state index in [2.05, 4.69) is 0 Å². The number of aliphatic hydroxyl groups excluding tert-OH is 1. The van der Waals surface area contributed by atoms with Crippen molar-refractivity contribution in [3.05, 3.63) is 77.9 Å².